The zero-order chi connectivity index (χ0) is 12.3. The van der Waals surface area contributed by atoms with Crippen LogP contribution in [0.5, 0.6) is 0 Å². The van der Waals surface area contributed by atoms with E-state index in [0.717, 1.165) is 24.6 Å². The summed E-state index contributed by atoms with van der Waals surface area (Å²) < 4.78 is 5.87. The van der Waals surface area contributed by atoms with Crippen molar-refractivity contribution in [3.63, 3.8) is 0 Å². The number of hydrogen-bond acceptors (Lipinski definition) is 2. The summed E-state index contributed by atoms with van der Waals surface area (Å²) in [5.41, 5.74) is 1.22. The van der Waals surface area contributed by atoms with Crippen molar-refractivity contribution in [2.45, 2.75) is 32.4 Å². The van der Waals surface area contributed by atoms with Crippen LogP contribution in [0.1, 0.15) is 31.9 Å². The Balaban J connectivity index is 2.22. The molecule has 1 N–H and O–H groups in total. The number of rotatable bonds is 4. The van der Waals surface area contributed by atoms with Gasteiger partial charge in [-0.2, -0.15) is 0 Å². The van der Waals surface area contributed by atoms with Crippen molar-refractivity contribution in [1.82, 2.24) is 5.32 Å². The lowest BCUT2D eigenvalue weighted by Crippen LogP contribution is -2.34. The highest BCUT2D eigenvalue weighted by Crippen LogP contribution is 2.32. The topological polar surface area (TPSA) is 21.3 Å². The molecule has 0 radical (unpaired) electrons. The van der Waals surface area contributed by atoms with Gasteiger partial charge in [-0.05, 0) is 36.6 Å². The first kappa shape index (κ1) is 12.9. The van der Waals surface area contributed by atoms with Gasteiger partial charge in [0.1, 0.15) is 0 Å². The van der Waals surface area contributed by atoms with E-state index in [1.54, 1.807) is 0 Å². The van der Waals surface area contributed by atoms with Crippen LogP contribution in [-0.2, 0) is 4.74 Å². The Labute approximate surface area is 108 Å². The van der Waals surface area contributed by atoms with Gasteiger partial charge < -0.3 is 10.1 Å². The second-order valence-corrected chi connectivity index (χ2v) is 5.13. The zero-order valence-electron chi connectivity index (χ0n) is 10.4. The number of likely N-dealkylation sites (N-methyl/N-ethyl adjacent to an activating group) is 1. The maximum atomic E-state index is 6.06. The van der Waals surface area contributed by atoms with Gasteiger partial charge >= 0.3 is 0 Å². The van der Waals surface area contributed by atoms with Crippen LogP contribution in [0.25, 0.3) is 0 Å². The van der Waals surface area contributed by atoms with Crippen LogP contribution in [0.4, 0.5) is 0 Å². The van der Waals surface area contributed by atoms with E-state index in [2.05, 4.69) is 25.2 Å². The predicted molar refractivity (Wildman–Crippen MR) is 71.4 cm³/mol. The van der Waals surface area contributed by atoms with E-state index < -0.39 is 0 Å². The molecular weight excluding hydrogens is 234 g/mol. The molecule has 2 rings (SSSR count). The van der Waals surface area contributed by atoms with Gasteiger partial charge in [0.05, 0.1) is 12.1 Å². The van der Waals surface area contributed by atoms with Gasteiger partial charge in [-0.3, -0.25) is 0 Å². The van der Waals surface area contributed by atoms with E-state index in [9.17, 15) is 0 Å². The van der Waals surface area contributed by atoms with Crippen LogP contribution in [0.2, 0.25) is 5.02 Å². The molecule has 1 heterocycles. The molecular formula is C14H20ClNO. The Morgan fingerprint density at radius 1 is 1.53 bits per heavy atom. The SMILES string of the molecule is CCNC(c1cccc(Cl)c1)C1OCCC1C. The monoisotopic (exact) mass is 253 g/mol. The molecule has 0 amide bonds. The van der Waals surface area contributed by atoms with Crippen molar-refractivity contribution in [3.05, 3.63) is 34.9 Å². The standard InChI is InChI=1S/C14H20ClNO/c1-3-16-13(14-10(2)7-8-17-14)11-5-4-6-12(15)9-11/h4-6,9-10,13-14,16H,3,7-8H2,1-2H3. The Morgan fingerprint density at radius 2 is 2.35 bits per heavy atom. The van der Waals surface area contributed by atoms with Crippen LogP contribution in [-0.4, -0.2) is 19.3 Å². The summed E-state index contributed by atoms with van der Waals surface area (Å²) in [6.45, 7) is 6.18. The van der Waals surface area contributed by atoms with Crippen molar-refractivity contribution in [2.75, 3.05) is 13.2 Å². The van der Waals surface area contributed by atoms with E-state index >= 15 is 0 Å². The van der Waals surface area contributed by atoms with Gasteiger partial charge in [-0.1, -0.05) is 37.6 Å². The minimum atomic E-state index is 0.246. The predicted octanol–water partition coefficient (Wildman–Crippen LogP) is 3.42. The molecule has 1 fully saturated rings. The van der Waals surface area contributed by atoms with E-state index in [4.69, 9.17) is 16.3 Å². The highest BCUT2D eigenvalue weighted by molar-refractivity contribution is 6.30. The fourth-order valence-electron chi connectivity index (χ4n) is 2.49. The molecule has 0 aliphatic carbocycles. The third-order valence-corrected chi connectivity index (χ3v) is 3.64. The second kappa shape index (κ2) is 5.85. The fraction of sp³-hybridized carbons (Fsp3) is 0.571. The van der Waals surface area contributed by atoms with Gasteiger partial charge in [0.2, 0.25) is 0 Å². The first-order chi connectivity index (χ1) is 8.22. The molecule has 3 unspecified atom stereocenters. The van der Waals surface area contributed by atoms with E-state index in [0.29, 0.717) is 5.92 Å². The van der Waals surface area contributed by atoms with Crippen LogP contribution < -0.4 is 5.32 Å². The van der Waals surface area contributed by atoms with Crippen LogP contribution >= 0.6 is 11.6 Å². The Morgan fingerprint density at radius 3 is 2.94 bits per heavy atom. The Hall–Kier alpha value is -0.570. The number of nitrogens with one attached hydrogen (secondary N) is 1. The molecule has 1 aromatic rings. The number of ether oxygens (including phenoxy) is 1. The average molecular weight is 254 g/mol. The summed E-state index contributed by atoms with van der Waals surface area (Å²) in [5.74, 6) is 0.595. The Bertz CT molecular complexity index is 369. The molecule has 17 heavy (non-hydrogen) atoms. The third kappa shape index (κ3) is 3.01. The second-order valence-electron chi connectivity index (χ2n) is 4.69. The van der Waals surface area contributed by atoms with Gasteiger partial charge in [-0.15, -0.1) is 0 Å². The van der Waals surface area contributed by atoms with Gasteiger partial charge in [0.25, 0.3) is 0 Å². The summed E-state index contributed by atoms with van der Waals surface area (Å²) in [5, 5.41) is 4.30. The average Bonchev–Trinajstić information content (AvgIpc) is 2.72. The van der Waals surface area contributed by atoms with Crippen molar-refractivity contribution in [1.29, 1.82) is 0 Å². The zero-order valence-corrected chi connectivity index (χ0v) is 11.2. The maximum Gasteiger partial charge on any atom is 0.0795 e. The minimum Gasteiger partial charge on any atom is -0.376 e. The first-order valence-corrected chi connectivity index (χ1v) is 6.70. The first-order valence-electron chi connectivity index (χ1n) is 6.33. The number of benzene rings is 1. The van der Waals surface area contributed by atoms with Crippen molar-refractivity contribution < 1.29 is 4.74 Å². The summed E-state index contributed by atoms with van der Waals surface area (Å²) in [4.78, 5) is 0. The summed E-state index contributed by atoms with van der Waals surface area (Å²) in [6.07, 6.45) is 1.40. The molecule has 1 saturated heterocycles. The normalized spacial score (nSPS) is 26.1. The van der Waals surface area contributed by atoms with Crippen molar-refractivity contribution in [3.8, 4) is 0 Å². The van der Waals surface area contributed by atoms with E-state index in [1.165, 1.54) is 5.56 Å². The smallest absolute Gasteiger partial charge is 0.0795 e. The van der Waals surface area contributed by atoms with Gasteiger partial charge in [-0.25, -0.2) is 0 Å². The third-order valence-electron chi connectivity index (χ3n) is 3.40. The molecule has 0 spiro atoms. The molecule has 1 aromatic carbocycles. The Kier molecular flexibility index (Phi) is 4.43. The largest absolute Gasteiger partial charge is 0.376 e. The lowest BCUT2D eigenvalue weighted by Gasteiger charge is -2.27. The molecule has 1 aliphatic rings. The molecule has 3 atom stereocenters. The number of hydrogen-bond donors (Lipinski definition) is 1. The van der Waals surface area contributed by atoms with Crippen LogP contribution in [0.15, 0.2) is 24.3 Å². The van der Waals surface area contributed by atoms with E-state index in [-0.39, 0.29) is 12.1 Å². The molecule has 94 valence electrons. The molecule has 0 aromatic heterocycles. The van der Waals surface area contributed by atoms with Gasteiger partial charge in [0.15, 0.2) is 0 Å². The van der Waals surface area contributed by atoms with Crippen molar-refractivity contribution in [2.24, 2.45) is 5.92 Å². The van der Waals surface area contributed by atoms with Crippen molar-refractivity contribution >= 4 is 11.6 Å². The molecule has 1 aliphatic heterocycles. The molecule has 0 bridgehead atoms. The van der Waals surface area contributed by atoms with Crippen LogP contribution in [0.3, 0.4) is 0 Å². The van der Waals surface area contributed by atoms with E-state index in [1.807, 2.05) is 18.2 Å². The minimum absolute atomic E-state index is 0.246. The lowest BCUT2D eigenvalue weighted by atomic mass is 9.92. The van der Waals surface area contributed by atoms with Gasteiger partial charge in [0, 0.05) is 11.6 Å². The molecule has 3 heteroatoms. The maximum absolute atomic E-state index is 6.06. The van der Waals surface area contributed by atoms with Crippen LogP contribution in [0, 0.1) is 5.92 Å². The highest BCUT2D eigenvalue weighted by Gasteiger charge is 2.32. The highest BCUT2D eigenvalue weighted by atomic mass is 35.5. The lowest BCUT2D eigenvalue weighted by molar-refractivity contribution is 0.0612. The summed E-state index contributed by atoms with van der Waals surface area (Å²) >= 11 is 6.06. The summed E-state index contributed by atoms with van der Waals surface area (Å²) in [7, 11) is 0. The molecule has 0 saturated carbocycles. The fourth-order valence-corrected chi connectivity index (χ4v) is 2.69. The molecule has 2 nitrogen and oxygen atoms in total. The number of halogens is 1. The quantitative estimate of drug-likeness (QED) is 0.888. The summed E-state index contributed by atoms with van der Waals surface area (Å²) in [6, 6.07) is 8.31.